The Kier molecular flexibility index (Phi) is 12.9. The Morgan fingerprint density at radius 3 is 1.81 bits per heavy atom. The SMILES string of the molecule is CCCCCCCCCCCCCCCCn1cc[n+](C)c1OC(C)=O. The van der Waals surface area contributed by atoms with Gasteiger partial charge in [-0.3, -0.25) is 4.79 Å². The Morgan fingerprint density at radius 2 is 1.35 bits per heavy atom. The van der Waals surface area contributed by atoms with Crippen LogP contribution in [-0.4, -0.2) is 10.5 Å². The predicted octanol–water partition coefficient (Wildman–Crippen LogP) is 5.72. The number of unbranched alkanes of at least 4 members (excludes halogenated alkanes) is 13. The number of esters is 1. The van der Waals surface area contributed by atoms with Crippen molar-refractivity contribution in [2.24, 2.45) is 7.05 Å². The lowest BCUT2D eigenvalue weighted by Gasteiger charge is -2.04. The van der Waals surface area contributed by atoms with Gasteiger partial charge in [-0.25, -0.2) is 0 Å². The number of ether oxygens (including phenoxy) is 1. The van der Waals surface area contributed by atoms with Gasteiger partial charge in [0, 0.05) is 6.92 Å². The fourth-order valence-corrected chi connectivity index (χ4v) is 3.42. The molecule has 4 heteroatoms. The maximum atomic E-state index is 11.2. The molecule has 0 bridgehead atoms. The monoisotopic (exact) mass is 365 g/mol. The first-order valence-corrected chi connectivity index (χ1v) is 10.9. The molecule has 0 aliphatic carbocycles. The third-order valence-electron chi connectivity index (χ3n) is 5.01. The van der Waals surface area contributed by atoms with E-state index in [2.05, 4.69) is 6.92 Å². The van der Waals surface area contributed by atoms with E-state index in [1.165, 1.54) is 90.4 Å². The maximum absolute atomic E-state index is 11.2. The van der Waals surface area contributed by atoms with Crippen molar-refractivity contribution in [3.63, 3.8) is 0 Å². The number of aromatic nitrogens is 2. The van der Waals surface area contributed by atoms with E-state index in [0.717, 1.165) is 13.0 Å². The van der Waals surface area contributed by atoms with E-state index in [1.807, 2.05) is 28.6 Å². The third kappa shape index (κ3) is 10.6. The molecule has 0 aliphatic rings. The summed E-state index contributed by atoms with van der Waals surface area (Å²) in [5.74, 6) is -0.262. The number of aryl methyl sites for hydroxylation is 2. The van der Waals surface area contributed by atoms with Crippen LogP contribution in [-0.2, 0) is 18.4 Å². The van der Waals surface area contributed by atoms with Crippen LogP contribution in [0, 0.1) is 0 Å². The van der Waals surface area contributed by atoms with E-state index in [4.69, 9.17) is 4.74 Å². The van der Waals surface area contributed by atoms with Gasteiger partial charge in [-0.05, 0) is 12.8 Å². The summed E-state index contributed by atoms with van der Waals surface area (Å²) in [6, 6.07) is 0.632. The molecule has 1 aromatic heterocycles. The Bertz CT molecular complexity index is 482. The Hall–Kier alpha value is -1.32. The number of nitrogens with zero attached hydrogens (tertiary/aromatic N) is 2. The van der Waals surface area contributed by atoms with Crippen LogP contribution in [0.1, 0.15) is 104 Å². The van der Waals surface area contributed by atoms with Crippen LogP contribution in [0.2, 0.25) is 0 Å². The first-order chi connectivity index (χ1) is 12.6. The van der Waals surface area contributed by atoms with E-state index < -0.39 is 0 Å². The van der Waals surface area contributed by atoms with E-state index in [0.29, 0.717) is 6.01 Å². The van der Waals surface area contributed by atoms with E-state index in [-0.39, 0.29) is 5.97 Å². The Balaban J connectivity index is 1.93. The van der Waals surface area contributed by atoms with Gasteiger partial charge >= 0.3 is 12.0 Å². The number of rotatable bonds is 16. The van der Waals surface area contributed by atoms with Crippen LogP contribution in [0.4, 0.5) is 0 Å². The van der Waals surface area contributed by atoms with Crippen LogP contribution in [0.15, 0.2) is 12.4 Å². The van der Waals surface area contributed by atoms with Gasteiger partial charge in [0.05, 0.1) is 13.6 Å². The predicted molar refractivity (Wildman–Crippen MR) is 107 cm³/mol. The van der Waals surface area contributed by atoms with Crippen molar-refractivity contribution in [3.8, 4) is 6.01 Å². The quantitative estimate of drug-likeness (QED) is 0.213. The summed E-state index contributed by atoms with van der Waals surface area (Å²) in [7, 11) is 1.90. The molecule has 0 amide bonds. The largest absolute Gasteiger partial charge is 0.463 e. The molecule has 1 rings (SSSR count). The summed E-state index contributed by atoms with van der Waals surface area (Å²) in [6.45, 7) is 4.64. The Morgan fingerprint density at radius 1 is 0.885 bits per heavy atom. The lowest BCUT2D eigenvalue weighted by Crippen LogP contribution is -2.30. The van der Waals surface area contributed by atoms with Crippen molar-refractivity contribution in [2.75, 3.05) is 0 Å². The third-order valence-corrected chi connectivity index (χ3v) is 5.01. The highest BCUT2D eigenvalue weighted by molar-refractivity contribution is 5.68. The fourth-order valence-electron chi connectivity index (χ4n) is 3.42. The number of hydrogen-bond acceptors (Lipinski definition) is 2. The molecule has 0 radical (unpaired) electrons. The molecule has 0 spiro atoms. The first kappa shape index (κ1) is 22.7. The van der Waals surface area contributed by atoms with Gasteiger partial charge < -0.3 is 4.74 Å². The molecule has 150 valence electrons. The molecule has 0 aliphatic heterocycles. The first-order valence-electron chi connectivity index (χ1n) is 10.9. The molecule has 0 unspecified atom stereocenters. The van der Waals surface area contributed by atoms with Gasteiger partial charge in [0.15, 0.2) is 0 Å². The summed E-state index contributed by atoms with van der Waals surface area (Å²) >= 11 is 0. The number of carbonyl (C=O) groups excluding carboxylic acids is 1. The second-order valence-electron chi connectivity index (χ2n) is 7.57. The van der Waals surface area contributed by atoms with Crippen molar-refractivity contribution in [1.82, 2.24) is 4.57 Å². The zero-order valence-electron chi connectivity index (χ0n) is 17.5. The highest BCUT2D eigenvalue weighted by Crippen LogP contribution is 2.14. The van der Waals surface area contributed by atoms with Gasteiger partial charge in [0.25, 0.3) is 0 Å². The second kappa shape index (κ2) is 14.8. The van der Waals surface area contributed by atoms with Crippen molar-refractivity contribution < 1.29 is 14.1 Å². The lowest BCUT2D eigenvalue weighted by molar-refractivity contribution is -0.675. The van der Waals surface area contributed by atoms with Crippen LogP contribution >= 0.6 is 0 Å². The minimum Gasteiger partial charge on any atom is -0.357 e. The highest BCUT2D eigenvalue weighted by atomic mass is 16.6. The maximum Gasteiger partial charge on any atom is 0.463 e. The van der Waals surface area contributed by atoms with Crippen molar-refractivity contribution >= 4 is 5.97 Å². The van der Waals surface area contributed by atoms with Crippen molar-refractivity contribution in [3.05, 3.63) is 12.4 Å². The minimum atomic E-state index is -0.262. The molecule has 4 nitrogen and oxygen atoms in total. The lowest BCUT2D eigenvalue weighted by atomic mass is 10.0. The summed E-state index contributed by atoms with van der Waals surface area (Å²) in [5, 5.41) is 0. The highest BCUT2D eigenvalue weighted by Gasteiger charge is 2.17. The molecule has 1 aromatic rings. The number of hydrogen-bond donors (Lipinski definition) is 0. The molecule has 0 N–H and O–H groups in total. The molecule has 1 heterocycles. The fraction of sp³-hybridized carbons (Fsp3) is 0.818. The van der Waals surface area contributed by atoms with Gasteiger partial charge in [0.2, 0.25) is 0 Å². The molecule has 26 heavy (non-hydrogen) atoms. The molecule has 0 atom stereocenters. The van der Waals surface area contributed by atoms with Crippen molar-refractivity contribution in [2.45, 2.75) is 110 Å². The van der Waals surface area contributed by atoms with E-state index in [9.17, 15) is 4.79 Å². The summed E-state index contributed by atoms with van der Waals surface area (Å²) in [5.41, 5.74) is 0. The Labute approximate surface area is 160 Å². The topological polar surface area (TPSA) is 35.1 Å². The van der Waals surface area contributed by atoms with Crippen LogP contribution in [0.5, 0.6) is 6.01 Å². The summed E-state index contributed by atoms with van der Waals surface area (Å²) in [6.07, 6.45) is 23.1. The van der Waals surface area contributed by atoms with E-state index >= 15 is 0 Å². The van der Waals surface area contributed by atoms with Crippen LogP contribution < -0.4 is 9.30 Å². The number of imidazole rings is 1. The minimum absolute atomic E-state index is 0.262. The van der Waals surface area contributed by atoms with Gasteiger partial charge in [0.1, 0.15) is 12.4 Å². The smallest absolute Gasteiger partial charge is 0.357 e. The van der Waals surface area contributed by atoms with Crippen molar-refractivity contribution in [1.29, 1.82) is 0 Å². The van der Waals surface area contributed by atoms with E-state index in [1.54, 1.807) is 0 Å². The second-order valence-corrected chi connectivity index (χ2v) is 7.57. The summed E-state index contributed by atoms with van der Waals surface area (Å²) < 4.78 is 9.15. The zero-order valence-corrected chi connectivity index (χ0v) is 17.5. The molecule has 0 aromatic carbocycles. The average molecular weight is 366 g/mol. The summed E-state index contributed by atoms with van der Waals surface area (Å²) in [4.78, 5) is 11.2. The van der Waals surface area contributed by atoms with Crippen LogP contribution in [0.25, 0.3) is 0 Å². The van der Waals surface area contributed by atoms with Crippen LogP contribution in [0.3, 0.4) is 0 Å². The zero-order chi connectivity index (χ0) is 19.0. The number of carbonyl (C=O) groups is 1. The normalized spacial score (nSPS) is 11.0. The van der Waals surface area contributed by atoms with Gasteiger partial charge in [-0.2, -0.15) is 9.13 Å². The standard InChI is InChI=1S/C22H41N2O2/c1-4-5-6-7-8-9-10-11-12-13-14-15-16-17-18-24-20-19-23(3)22(24)26-21(2)25/h19-20H,4-18H2,1-3H3/q+1. The molecular formula is C22H41N2O2+. The molecule has 0 saturated heterocycles. The van der Waals surface area contributed by atoms with Gasteiger partial charge in [-0.15, -0.1) is 0 Å². The molecule has 0 saturated carbocycles. The molecule has 0 fully saturated rings. The average Bonchev–Trinajstić information content (AvgIpc) is 2.95. The molecular weight excluding hydrogens is 324 g/mol. The van der Waals surface area contributed by atoms with Gasteiger partial charge in [-0.1, -0.05) is 84.0 Å².